The van der Waals surface area contributed by atoms with Gasteiger partial charge < -0.3 is 14.4 Å². The third kappa shape index (κ3) is 4.73. The molecule has 1 heterocycles. The molecule has 2 atom stereocenters. The Bertz CT molecular complexity index is 1070. The highest BCUT2D eigenvalue weighted by molar-refractivity contribution is 6.64. The lowest BCUT2D eigenvalue weighted by molar-refractivity contribution is 0.0684. The van der Waals surface area contributed by atoms with Crippen molar-refractivity contribution in [2.24, 2.45) is 5.92 Å². The maximum atomic E-state index is 13.3. The third-order valence-electron chi connectivity index (χ3n) is 6.86. The van der Waals surface area contributed by atoms with E-state index in [1.807, 2.05) is 37.3 Å². The van der Waals surface area contributed by atoms with Crippen LogP contribution < -0.4 is 10.1 Å². The van der Waals surface area contributed by atoms with Gasteiger partial charge in [-0.2, -0.15) is 0 Å². The van der Waals surface area contributed by atoms with E-state index in [9.17, 15) is 9.90 Å². The summed E-state index contributed by atoms with van der Waals surface area (Å²) in [5.41, 5.74) is 5.04. The van der Waals surface area contributed by atoms with E-state index in [0.29, 0.717) is 23.3 Å². The van der Waals surface area contributed by atoms with Gasteiger partial charge in [-0.05, 0) is 57.1 Å². The van der Waals surface area contributed by atoms with Crippen LogP contribution in [0.25, 0.3) is 0 Å². The van der Waals surface area contributed by atoms with E-state index in [2.05, 4.69) is 26.5 Å². The van der Waals surface area contributed by atoms with E-state index in [1.54, 1.807) is 6.07 Å². The lowest BCUT2D eigenvalue weighted by atomic mass is 9.72. The normalized spacial score (nSPS) is 19.9. The van der Waals surface area contributed by atoms with E-state index in [0.717, 1.165) is 48.7 Å². The molecule has 2 aliphatic rings. The summed E-state index contributed by atoms with van der Waals surface area (Å²) in [4.78, 5) is 13.3. The second kappa shape index (κ2) is 9.90. The molecule has 0 aromatic heterocycles. The first-order valence-corrected chi connectivity index (χ1v) is 12.0. The number of carbonyl (C=O) groups excluding carboxylic acids is 1. The number of aryl methyl sites for hydroxylation is 1. The number of benzene rings is 2. The van der Waals surface area contributed by atoms with E-state index in [1.165, 1.54) is 5.57 Å². The lowest BCUT2D eigenvalue weighted by Gasteiger charge is -2.35. The molecular formula is C28H33BO4. The number of hydrogen-bond donors (Lipinski definition) is 1. The van der Waals surface area contributed by atoms with Gasteiger partial charge in [0.15, 0.2) is 0 Å². The SMILES string of the molecule is C=C(C)[C@@H]1CCC(C)=C[C@H]1c1c(O)cc(CCCCC)c2c1OB(c1ccccc1)OC2=O. The van der Waals surface area contributed by atoms with Gasteiger partial charge in [0.25, 0.3) is 0 Å². The van der Waals surface area contributed by atoms with Gasteiger partial charge in [-0.1, -0.05) is 73.9 Å². The zero-order valence-electron chi connectivity index (χ0n) is 19.9. The molecule has 4 rings (SSSR count). The molecule has 0 bridgehead atoms. The zero-order chi connectivity index (χ0) is 23.5. The van der Waals surface area contributed by atoms with Crippen LogP contribution in [0.2, 0.25) is 0 Å². The van der Waals surface area contributed by atoms with Crippen LogP contribution in [0, 0.1) is 5.92 Å². The Morgan fingerprint density at radius 3 is 2.67 bits per heavy atom. The molecule has 0 radical (unpaired) electrons. The van der Waals surface area contributed by atoms with Crippen molar-refractivity contribution >= 4 is 18.6 Å². The van der Waals surface area contributed by atoms with Gasteiger partial charge in [-0.15, -0.1) is 0 Å². The zero-order valence-corrected chi connectivity index (χ0v) is 19.9. The van der Waals surface area contributed by atoms with Crippen LogP contribution in [0.15, 0.2) is 60.2 Å². The van der Waals surface area contributed by atoms with Crippen molar-refractivity contribution < 1.29 is 19.2 Å². The van der Waals surface area contributed by atoms with Crippen LogP contribution >= 0.6 is 0 Å². The topological polar surface area (TPSA) is 55.8 Å². The number of rotatable bonds is 7. The molecule has 0 fully saturated rings. The van der Waals surface area contributed by atoms with Gasteiger partial charge in [-0.3, -0.25) is 0 Å². The molecule has 2 aromatic carbocycles. The molecule has 5 heteroatoms. The Balaban J connectivity index is 1.87. The molecule has 0 unspecified atom stereocenters. The van der Waals surface area contributed by atoms with Crippen LogP contribution in [0.3, 0.4) is 0 Å². The maximum absolute atomic E-state index is 13.3. The van der Waals surface area contributed by atoms with Crippen LogP contribution in [0.5, 0.6) is 11.5 Å². The van der Waals surface area contributed by atoms with Crippen molar-refractivity contribution in [1.29, 1.82) is 0 Å². The molecule has 0 amide bonds. The summed E-state index contributed by atoms with van der Waals surface area (Å²) >= 11 is 0. The predicted molar refractivity (Wildman–Crippen MR) is 133 cm³/mol. The predicted octanol–water partition coefficient (Wildman–Crippen LogP) is 6.09. The van der Waals surface area contributed by atoms with Crippen molar-refractivity contribution in [3.05, 3.63) is 76.9 Å². The average molecular weight is 444 g/mol. The van der Waals surface area contributed by atoms with Crippen molar-refractivity contribution in [3.8, 4) is 11.5 Å². The quantitative estimate of drug-likeness (QED) is 0.319. The fourth-order valence-corrected chi connectivity index (χ4v) is 5.08. The molecule has 4 nitrogen and oxygen atoms in total. The van der Waals surface area contributed by atoms with Crippen LogP contribution in [-0.4, -0.2) is 18.2 Å². The fourth-order valence-electron chi connectivity index (χ4n) is 5.08. The van der Waals surface area contributed by atoms with Gasteiger partial charge >= 0.3 is 13.1 Å². The molecule has 0 spiro atoms. The van der Waals surface area contributed by atoms with E-state index >= 15 is 0 Å². The summed E-state index contributed by atoms with van der Waals surface area (Å²) < 4.78 is 12.1. The highest BCUT2D eigenvalue weighted by Crippen LogP contribution is 2.49. The van der Waals surface area contributed by atoms with Crippen molar-refractivity contribution in [2.45, 2.75) is 65.2 Å². The Labute approximate surface area is 197 Å². The second-order valence-electron chi connectivity index (χ2n) is 9.43. The minimum atomic E-state index is -0.841. The summed E-state index contributed by atoms with van der Waals surface area (Å²) in [7, 11) is -0.841. The summed E-state index contributed by atoms with van der Waals surface area (Å²) in [6, 6.07) is 11.2. The molecule has 1 aliphatic heterocycles. The largest absolute Gasteiger partial charge is 0.634 e. The Morgan fingerprint density at radius 2 is 1.97 bits per heavy atom. The van der Waals surface area contributed by atoms with E-state index in [-0.39, 0.29) is 23.6 Å². The van der Waals surface area contributed by atoms with Crippen LogP contribution in [0.4, 0.5) is 0 Å². The van der Waals surface area contributed by atoms with Gasteiger partial charge in [0.1, 0.15) is 17.1 Å². The highest BCUT2D eigenvalue weighted by atomic mass is 16.6. The van der Waals surface area contributed by atoms with Gasteiger partial charge in [-0.25, -0.2) is 4.79 Å². The first kappa shape index (κ1) is 23.2. The molecule has 0 saturated carbocycles. The molecule has 172 valence electrons. The van der Waals surface area contributed by atoms with E-state index in [4.69, 9.17) is 9.31 Å². The maximum Gasteiger partial charge on any atom is 0.634 e. The lowest BCUT2D eigenvalue weighted by Crippen LogP contribution is -2.45. The van der Waals surface area contributed by atoms with Crippen molar-refractivity contribution in [3.63, 3.8) is 0 Å². The van der Waals surface area contributed by atoms with Gasteiger partial charge in [0.05, 0.1) is 0 Å². The molecule has 1 aliphatic carbocycles. The van der Waals surface area contributed by atoms with Gasteiger partial charge in [0.2, 0.25) is 0 Å². The molecule has 33 heavy (non-hydrogen) atoms. The second-order valence-corrected chi connectivity index (χ2v) is 9.43. The summed E-state index contributed by atoms with van der Waals surface area (Å²) in [6.07, 6.45) is 7.94. The number of fused-ring (bicyclic) bond motifs is 1. The Hall–Kier alpha value is -2.95. The summed E-state index contributed by atoms with van der Waals surface area (Å²) in [5, 5.41) is 11.3. The number of hydrogen-bond acceptors (Lipinski definition) is 4. The first-order valence-electron chi connectivity index (χ1n) is 12.0. The molecule has 1 N–H and O–H groups in total. The molecular weight excluding hydrogens is 411 g/mol. The molecule has 0 saturated heterocycles. The minimum absolute atomic E-state index is 0.1000. The minimum Gasteiger partial charge on any atom is -0.521 e. The van der Waals surface area contributed by atoms with Crippen LogP contribution in [0.1, 0.15) is 80.3 Å². The standard InChI is InChI=1S/C28H33BO4/c1-5-6-8-11-20-17-24(30)26(23-16-19(4)14-15-22(23)18(2)3)27-25(20)28(31)33-29(32-27)21-12-9-7-10-13-21/h7,9-10,12-13,16-17,22-23,30H,2,5-6,8,11,14-15H2,1,3-4H3/t22-,23+/m0/s1. The number of phenols is 1. The molecule has 2 aromatic rings. The monoisotopic (exact) mass is 444 g/mol. The number of aromatic hydroxyl groups is 1. The van der Waals surface area contributed by atoms with Gasteiger partial charge in [0, 0.05) is 16.9 Å². The number of allylic oxidation sites excluding steroid dienone is 3. The number of carbonyl (C=O) groups is 1. The first-order chi connectivity index (χ1) is 15.9. The van der Waals surface area contributed by atoms with E-state index < -0.39 is 7.12 Å². The average Bonchev–Trinajstić information content (AvgIpc) is 2.79. The van der Waals surface area contributed by atoms with Crippen LogP contribution in [-0.2, 0) is 11.1 Å². The Kier molecular flexibility index (Phi) is 6.97. The third-order valence-corrected chi connectivity index (χ3v) is 6.86. The fraction of sp³-hybridized carbons (Fsp3) is 0.393. The number of unbranched alkanes of at least 4 members (excludes halogenated alkanes) is 2. The number of phenolic OH excluding ortho intramolecular Hbond substituents is 1. The Morgan fingerprint density at radius 1 is 1.21 bits per heavy atom. The smallest absolute Gasteiger partial charge is 0.521 e. The van der Waals surface area contributed by atoms with Crippen molar-refractivity contribution in [1.82, 2.24) is 0 Å². The summed E-state index contributed by atoms with van der Waals surface area (Å²) in [5.74, 6) is 0.336. The van der Waals surface area contributed by atoms with Crippen molar-refractivity contribution in [2.75, 3.05) is 0 Å². The summed E-state index contributed by atoms with van der Waals surface area (Å²) in [6.45, 7) is 10.5. The highest BCUT2D eigenvalue weighted by Gasteiger charge is 2.41.